The molecule has 0 bridgehead atoms. The fourth-order valence-corrected chi connectivity index (χ4v) is 2.63. The van der Waals surface area contributed by atoms with Gasteiger partial charge in [0.25, 0.3) is 0 Å². The average Bonchev–Trinajstić information content (AvgIpc) is 2.55. The van der Waals surface area contributed by atoms with Crippen LogP contribution in [-0.2, 0) is 6.42 Å². The highest BCUT2D eigenvalue weighted by Gasteiger charge is 2.25. The molecule has 0 spiro atoms. The summed E-state index contributed by atoms with van der Waals surface area (Å²) in [6.45, 7) is 0. The molecule has 3 heteroatoms. The summed E-state index contributed by atoms with van der Waals surface area (Å²) in [5.41, 5.74) is 3.67. The Morgan fingerprint density at radius 1 is 1.11 bits per heavy atom. The second kappa shape index (κ2) is 4.43. The van der Waals surface area contributed by atoms with Gasteiger partial charge in [-0.25, -0.2) is 0 Å². The van der Waals surface area contributed by atoms with Crippen LogP contribution in [0.3, 0.4) is 0 Å². The monoisotopic (exact) mass is 253 g/mol. The van der Waals surface area contributed by atoms with Gasteiger partial charge >= 0.3 is 0 Å². The molecule has 2 aromatic carbocycles. The minimum absolute atomic E-state index is 0.130. The van der Waals surface area contributed by atoms with Crippen molar-refractivity contribution in [1.82, 2.24) is 0 Å². The van der Waals surface area contributed by atoms with E-state index in [0.29, 0.717) is 6.42 Å². The van der Waals surface area contributed by atoms with Crippen molar-refractivity contribution in [3.05, 3.63) is 53.6 Å². The van der Waals surface area contributed by atoms with E-state index in [1.54, 1.807) is 7.11 Å². The summed E-state index contributed by atoms with van der Waals surface area (Å²) >= 11 is 0. The van der Waals surface area contributed by atoms with Crippen molar-refractivity contribution in [2.24, 2.45) is 0 Å². The van der Waals surface area contributed by atoms with Gasteiger partial charge in [0.2, 0.25) is 0 Å². The molecule has 0 N–H and O–H groups in total. The van der Waals surface area contributed by atoms with E-state index in [9.17, 15) is 4.79 Å². The number of nitrogens with zero attached hydrogens (tertiary/aromatic N) is 1. The number of rotatable bonds is 1. The first-order valence-electron chi connectivity index (χ1n) is 6.24. The highest BCUT2D eigenvalue weighted by Crippen LogP contribution is 2.40. The number of ether oxygens (including phenoxy) is 1. The first kappa shape index (κ1) is 11.8. The zero-order chi connectivity index (χ0) is 13.4. The predicted molar refractivity (Wildman–Crippen MR) is 75.5 cm³/mol. The number of Topliss-reactive ketones (excluding diaryl/α,β-unsaturated/α-hetero) is 1. The number of ketones is 1. The number of methoxy groups -OCH3 is 1. The summed E-state index contributed by atoms with van der Waals surface area (Å²) in [5, 5.41) is 0. The summed E-state index contributed by atoms with van der Waals surface area (Å²) < 4.78 is 5.41. The zero-order valence-corrected chi connectivity index (χ0v) is 11.0. The highest BCUT2D eigenvalue weighted by molar-refractivity contribution is 6.06. The second-order valence-corrected chi connectivity index (χ2v) is 4.64. The third kappa shape index (κ3) is 1.78. The van der Waals surface area contributed by atoms with Gasteiger partial charge in [-0.15, -0.1) is 0 Å². The van der Waals surface area contributed by atoms with Gasteiger partial charge in [-0.2, -0.15) is 0 Å². The van der Waals surface area contributed by atoms with Crippen LogP contribution < -0.4 is 9.64 Å². The Kier molecular flexibility index (Phi) is 2.75. The maximum absolute atomic E-state index is 12.4. The van der Waals surface area contributed by atoms with Crippen LogP contribution in [0.1, 0.15) is 15.9 Å². The van der Waals surface area contributed by atoms with E-state index >= 15 is 0 Å². The molecule has 0 amide bonds. The van der Waals surface area contributed by atoms with Crippen LogP contribution in [0.5, 0.6) is 5.75 Å². The molecule has 2 aromatic rings. The number of benzene rings is 2. The molecule has 0 atom stereocenters. The zero-order valence-electron chi connectivity index (χ0n) is 11.0. The van der Waals surface area contributed by atoms with Crippen molar-refractivity contribution in [2.45, 2.75) is 6.42 Å². The highest BCUT2D eigenvalue weighted by atomic mass is 16.5. The fourth-order valence-electron chi connectivity index (χ4n) is 2.63. The van der Waals surface area contributed by atoms with Crippen molar-refractivity contribution in [1.29, 1.82) is 0 Å². The molecular formula is C16H15NO2. The lowest BCUT2D eigenvalue weighted by Crippen LogP contribution is -2.13. The molecule has 1 heterocycles. The van der Waals surface area contributed by atoms with Crippen LogP contribution >= 0.6 is 0 Å². The van der Waals surface area contributed by atoms with E-state index in [4.69, 9.17) is 4.74 Å². The largest absolute Gasteiger partial charge is 0.495 e. The van der Waals surface area contributed by atoms with Crippen LogP contribution in [0.15, 0.2) is 42.5 Å². The van der Waals surface area contributed by atoms with E-state index in [1.165, 1.54) is 0 Å². The van der Waals surface area contributed by atoms with Crippen LogP contribution in [0, 0.1) is 0 Å². The molecule has 3 nitrogen and oxygen atoms in total. The maximum Gasteiger partial charge on any atom is 0.169 e. The van der Waals surface area contributed by atoms with Gasteiger partial charge in [-0.3, -0.25) is 4.79 Å². The van der Waals surface area contributed by atoms with Gasteiger partial charge in [-0.05, 0) is 23.8 Å². The lowest BCUT2D eigenvalue weighted by Gasteiger charge is -2.23. The summed E-state index contributed by atoms with van der Waals surface area (Å²) in [6, 6.07) is 13.6. The van der Waals surface area contributed by atoms with Crippen LogP contribution in [0.25, 0.3) is 0 Å². The lowest BCUT2D eigenvalue weighted by molar-refractivity contribution is 0.0994. The van der Waals surface area contributed by atoms with Crippen molar-refractivity contribution in [3.8, 4) is 5.75 Å². The SMILES string of the molecule is COc1cccc2c1N(C)c1ccccc1CC2=O. The molecule has 0 aromatic heterocycles. The molecule has 1 aliphatic rings. The molecule has 1 aliphatic heterocycles. The van der Waals surface area contributed by atoms with E-state index in [2.05, 4.69) is 0 Å². The van der Waals surface area contributed by atoms with Crippen LogP contribution in [0.4, 0.5) is 11.4 Å². The first-order chi connectivity index (χ1) is 9.22. The summed E-state index contributed by atoms with van der Waals surface area (Å²) in [6.07, 6.45) is 0.431. The standard InChI is InChI=1S/C16H15NO2/c1-17-13-8-4-3-6-11(13)10-14(18)12-7-5-9-15(19-2)16(12)17/h3-9H,10H2,1-2H3. The van der Waals surface area contributed by atoms with Crippen molar-refractivity contribution < 1.29 is 9.53 Å². The quantitative estimate of drug-likeness (QED) is 0.781. The molecule has 0 saturated heterocycles. The second-order valence-electron chi connectivity index (χ2n) is 4.64. The Morgan fingerprint density at radius 2 is 1.89 bits per heavy atom. The summed E-state index contributed by atoms with van der Waals surface area (Å²) in [5.74, 6) is 0.857. The van der Waals surface area contributed by atoms with Gasteiger partial charge in [0, 0.05) is 24.7 Å². The van der Waals surface area contributed by atoms with E-state index in [0.717, 1.165) is 28.3 Å². The van der Waals surface area contributed by atoms with Gasteiger partial charge in [0.1, 0.15) is 5.75 Å². The number of hydrogen-bond donors (Lipinski definition) is 0. The van der Waals surface area contributed by atoms with Crippen molar-refractivity contribution in [2.75, 3.05) is 19.1 Å². The predicted octanol–water partition coefficient (Wildman–Crippen LogP) is 3.20. The minimum Gasteiger partial charge on any atom is -0.495 e. The molecule has 0 saturated carbocycles. The topological polar surface area (TPSA) is 29.5 Å². The van der Waals surface area contributed by atoms with Crippen molar-refractivity contribution in [3.63, 3.8) is 0 Å². The Balaban J connectivity index is 2.29. The molecular weight excluding hydrogens is 238 g/mol. The third-order valence-electron chi connectivity index (χ3n) is 3.56. The Hall–Kier alpha value is -2.29. The minimum atomic E-state index is 0.130. The molecule has 0 fully saturated rings. The first-order valence-corrected chi connectivity index (χ1v) is 6.24. The number of carbonyl (C=O) groups is 1. The fraction of sp³-hybridized carbons (Fsp3) is 0.188. The van der Waals surface area contributed by atoms with Gasteiger partial charge in [0.05, 0.1) is 12.8 Å². The number of anilines is 2. The van der Waals surface area contributed by atoms with E-state index < -0.39 is 0 Å². The molecule has 19 heavy (non-hydrogen) atoms. The van der Waals surface area contributed by atoms with Gasteiger partial charge < -0.3 is 9.64 Å². The number of para-hydroxylation sites is 2. The average molecular weight is 253 g/mol. The maximum atomic E-state index is 12.4. The molecule has 3 rings (SSSR count). The third-order valence-corrected chi connectivity index (χ3v) is 3.56. The van der Waals surface area contributed by atoms with E-state index in [1.807, 2.05) is 54.4 Å². The summed E-state index contributed by atoms with van der Waals surface area (Å²) in [7, 11) is 3.60. The van der Waals surface area contributed by atoms with Crippen LogP contribution in [0.2, 0.25) is 0 Å². The Morgan fingerprint density at radius 3 is 2.68 bits per heavy atom. The lowest BCUT2D eigenvalue weighted by atomic mass is 10.0. The van der Waals surface area contributed by atoms with Crippen molar-refractivity contribution >= 4 is 17.2 Å². The number of fused-ring (bicyclic) bond motifs is 2. The smallest absolute Gasteiger partial charge is 0.169 e. The molecule has 96 valence electrons. The van der Waals surface area contributed by atoms with Gasteiger partial charge in [0.15, 0.2) is 5.78 Å². The molecule has 0 radical (unpaired) electrons. The molecule has 0 aliphatic carbocycles. The molecule has 0 unspecified atom stereocenters. The van der Waals surface area contributed by atoms with Gasteiger partial charge in [-0.1, -0.05) is 24.3 Å². The Bertz CT molecular complexity index is 649. The Labute approximate surface area is 112 Å². The number of hydrogen-bond acceptors (Lipinski definition) is 3. The number of carbonyl (C=O) groups excluding carboxylic acids is 1. The normalized spacial score (nSPS) is 13.6. The summed E-state index contributed by atoms with van der Waals surface area (Å²) in [4.78, 5) is 14.4. The van der Waals surface area contributed by atoms with Crippen LogP contribution in [-0.4, -0.2) is 19.9 Å². The van der Waals surface area contributed by atoms with E-state index in [-0.39, 0.29) is 5.78 Å².